The largest absolute Gasteiger partial charge is 0.390 e. The molecule has 16 N–H and O–H groups in total. The minimum atomic E-state index is -1.45. The van der Waals surface area contributed by atoms with Gasteiger partial charge in [-0.1, -0.05) is 62.4 Å². The molecule has 0 saturated carbocycles. The van der Waals surface area contributed by atoms with Gasteiger partial charge in [-0.15, -0.1) is 65.9 Å². The summed E-state index contributed by atoms with van der Waals surface area (Å²) in [4.78, 5) is 56.3. The van der Waals surface area contributed by atoms with Crippen molar-refractivity contribution in [1.82, 2.24) is 53.2 Å². The van der Waals surface area contributed by atoms with Crippen LogP contribution in [0.3, 0.4) is 0 Å². The molecule has 5 saturated heterocycles. The number of amides is 10. The van der Waals surface area contributed by atoms with Crippen molar-refractivity contribution in [2.45, 2.75) is 159 Å². The van der Waals surface area contributed by atoms with E-state index in [1.165, 1.54) is 13.1 Å². The van der Waals surface area contributed by atoms with Gasteiger partial charge in [0.15, 0.2) is 0 Å². The molecule has 2 unspecified atom stereocenters. The van der Waals surface area contributed by atoms with Gasteiger partial charge in [0, 0.05) is 107 Å². The molecule has 0 radical (unpaired) electrons. The Kier molecular flexibility index (Phi) is 32.9. The van der Waals surface area contributed by atoms with E-state index in [2.05, 4.69) is 207 Å². The Balaban J connectivity index is 0.000000211. The number of nitrogens with one attached hydrogen (secondary N) is 10. The second-order valence-electron chi connectivity index (χ2n) is 32.4. The predicted molar refractivity (Wildman–Crippen MR) is 454 cm³/mol. The Bertz CT molecular complexity index is 3620. The van der Waals surface area contributed by atoms with Crippen molar-refractivity contribution < 1.29 is 87.8 Å². The highest BCUT2D eigenvalue weighted by Crippen LogP contribution is 2.46. The zero-order valence-electron chi connectivity index (χ0n) is 65.2. The number of aliphatic hydroxyl groups excluding tert-OH is 5. The molecule has 0 aromatic heterocycles. The average Bonchev–Trinajstić information content (AvgIpc) is 1.62. The van der Waals surface area contributed by atoms with Crippen molar-refractivity contribution in [1.29, 1.82) is 0 Å². The van der Waals surface area contributed by atoms with Crippen molar-refractivity contribution in [3.8, 4) is 0 Å². The molecule has 0 spiro atoms. The number of carbonyl (C=O) groups is 5. The minimum Gasteiger partial charge on any atom is -0.390 e. The lowest BCUT2D eigenvalue weighted by molar-refractivity contribution is -0.0516. The van der Waals surface area contributed by atoms with E-state index < -0.39 is 107 Å². The van der Waals surface area contributed by atoms with Crippen LogP contribution in [0.2, 0.25) is 0 Å². The van der Waals surface area contributed by atoms with Crippen LogP contribution >= 0.6 is 57.0 Å². The number of methoxy groups -OCH3 is 2. The van der Waals surface area contributed by atoms with Crippen LogP contribution in [-0.4, -0.2) is 317 Å². The number of hydrogen-bond acceptors (Lipinski definition) is 18. The summed E-state index contributed by atoms with van der Waals surface area (Å²) in [6, 6.07) is -1.64. The van der Waals surface area contributed by atoms with Crippen molar-refractivity contribution in [3.05, 3.63) is 120 Å². The summed E-state index contributed by atoms with van der Waals surface area (Å²) in [5, 5.41) is 88.7. The molecule has 10 aliphatic heterocycles. The van der Waals surface area contributed by atoms with Gasteiger partial charge in [0.2, 0.25) is 0 Å². The van der Waals surface area contributed by atoms with E-state index in [1.807, 2.05) is 6.92 Å². The molecule has 28 nitrogen and oxygen atoms in total. The number of halogens is 1. The van der Waals surface area contributed by atoms with Crippen LogP contribution in [0.15, 0.2) is 120 Å². The van der Waals surface area contributed by atoms with Gasteiger partial charge in [-0.3, -0.25) is 0 Å². The third-order valence-electron chi connectivity index (χ3n) is 19.5. The SMILES string of the molecule is C=C1NC(=O)NC=C1[C@@H]1O[C@H](CCP(=C)(C)C)[C@@H](O)C1C.C=C1NC(=O)NC=C1[C@@H]1O[C@H](CCP(=C)(C)C)[C@@H](O)C1I.C=C1NC(=O)NC=C1[C@@H]1O[C@H](CCP(=C)(C)C)[C@@H](O)[C@@]1(C)O.C=C1NC(=O)NC=C1[C@@H]1O[C@H](CCP(=C)(C)C)[C@@H](O)[C@H]1OC.C=C1NC(=O)NC=C1[C@@H]1O[C@H](CCP(=C)(C)C)[C@@H](O)[C@H]1OC. The van der Waals surface area contributed by atoms with Crippen LogP contribution in [0, 0.1) is 5.92 Å². The highest BCUT2D eigenvalue weighted by Gasteiger charge is 2.55. The van der Waals surface area contributed by atoms with Gasteiger partial charge >= 0.3 is 30.2 Å². The van der Waals surface area contributed by atoms with Crippen molar-refractivity contribution in [2.24, 2.45) is 5.92 Å². The lowest BCUT2D eigenvalue weighted by Gasteiger charge is -2.30. The molecule has 20 atom stereocenters. The molecule has 10 rings (SSSR count). The van der Waals surface area contributed by atoms with E-state index in [0.29, 0.717) is 51.6 Å². The van der Waals surface area contributed by atoms with Crippen LogP contribution in [-0.2, 0) is 33.2 Å². The molecular formula is C74H122IN10O18P5. The maximum absolute atomic E-state index is 11.3. The number of hydrogen-bond donors (Lipinski definition) is 16. The minimum absolute atomic E-state index is 0.0407. The fourth-order valence-electron chi connectivity index (χ4n) is 13.2. The number of alkyl halides is 1. The Labute approximate surface area is 652 Å². The zero-order valence-corrected chi connectivity index (χ0v) is 71.8. The van der Waals surface area contributed by atoms with Crippen molar-refractivity contribution >= 4 is 119 Å². The maximum Gasteiger partial charge on any atom is 0.323 e. The molecule has 5 fully saturated rings. The molecule has 10 amide bonds. The van der Waals surface area contributed by atoms with Crippen LogP contribution in [0.1, 0.15) is 46.0 Å². The second kappa shape index (κ2) is 38.5. The Morgan fingerprint density at radius 2 is 0.657 bits per heavy atom. The fourth-order valence-corrected chi connectivity index (χ4v) is 19.0. The molecule has 10 heterocycles. The van der Waals surface area contributed by atoms with E-state index in [1.54, 1.807) is 39.0 Å². The van der Waals surface area contributed by atoms with Crippen LogP contribution in [0.5, 0.6) is 0 Å². The molecular weight excluding hydrogens is 1600 g/mol. The molecule has 608 valence electrons. The lowest BCUT2D eigenvalue weighted by atomic mass is 9.87. The van der Waals surface area contributed by atoms with E-state index in [-0.39, 0.29) is 76.6 Å². The Hall–Kier alpha value is -4.54. The van der Waals surface area contributed by atoms with Gasteiger partial charge in [0.05, 0.1) is 52.8 Å². The fraction of sp³-hybridized carbons (Fsp3) is 0.595. The summed E-state index contributed by atoms with van der Waals surface area (Å²) in [5.74, 6) is -0.0407. The molecule has 0 bridgehead atoms. The van der Waals surface area contributed by atoms with E-state index in [9.17, 15) is 54.6 Å². The number of carbonyl (C=O) groups excluding carboxylic acids is 5. The van der Waals surface area contributed by atoms with Crippen LogP contribution in [0.25, 0.3) is 0 Å². The molecule has 108 heavy (non-hydrogen) atoms. The quantitative estimate of drug-likeness (QED) is 0.0344. The molecule has 0 aromatic carbocycles. The molecule has 10 aliphatic rings. The normalized spacial score (nSPS) is 33.5. The van der Waals surface area contributed by atoms with Crippen molar-refractivity contribution in [3.63, 3.8) is 0 Å². The topological polar surface area (TPSA) is 392 Å². The van der Waals surface area contributed by atoms with E-state index >= 15 is 0 Å². The molecule has 0 aliphatic carbocycles. The summed E-state index contributed by atoms with van der Waals surface area (Å²) in [7, 11) is 3.09. The van der Waals surface area contributed by atoms with Gasteiger partial charge in [-0.25, -0.2) is 24.0 Å². The first-order valence-electron chi connectivity index (χ1n) is 35.7. The molecule has 0 aromatic rings. The van der Waals surface area contributed by atoms with Gasteiger partial charge in [-0.2, -0.15) is 0 Å². The number of rotatable bonds is 22. The van der Waals surface area contributed by atoms with Crippen LogP contribution < -0.4 is 53.2 Å². The van der Waals surface area contributed by atoms with Crippen molar-refractivity contribution in [2.75, 3.05) is 112 Å². The van der Waals surface area contributed by atoms with Gasteiger partial charge < -0.3 is 117 Å². The number of aliphatic hydroxyl groups is 6. The summed E-state index contributed by atoms with van der Waals surface area (Å²) in [6.45, 7) is 38.4. The number of ether oxygens (including phenoxy) is 7. The first kappa shape index (κ1) is 92.3. The Morgan fingerprint density at radius 1 is 0.407 bits per heavy atom. The van der Waals surface area contributed by atoms with Gasteiger partial charge in [0.1, 0.15) is 60.5 Å². The first-order valence-corrected chi connectivity index (χ1v) is 52.2. The first-order chi connectivity index (χ1) is 49.8. The monoisotopic (exact) mass is 1720 g/mol. The highest BCUT2D eigenvalue weighted by atomic mass is 127. The summed E-state index contributed by atoms with van der Waals surface area (Å²) >= 11 is 2.21. The Morgan fingerprint density at radius 3 is 0.954 bits per heavy atom. The van der Waals surface area contributed by atoms with E-state index in [0.717, 1.165) is 67.6 Å². The summed E-state index contributed by atoms with van der Waals surface area (Å²) in [6.07, 6.45) is 29.1. The van der Waals surface area contributed by atoms with Gasteiger partial charge in [0.25, 0.3) is 0 Å². The third-order valence-corrected chi connectivity index (χ3v) is 28.2. The zero-order chi connectivity index (χ0) is 81.3. The summed E-state index contributed by atoms with van der Waals surface area (Å²) < 4.78 is 40.8. The predicted octanol–water partition coefficient (Wildman–Crippen LogP) is 5.84. The van der Waals surface area contributed by atoms with Crippen LogP contribution in [0.4, 0.5) is 24.0 Å². The lowest BCUT2D eigenvalue weighted by Crippen LogP contribution is -2.49. The van der Waals surface area contributed by atoms with Gasteiger partial charge in [-0.05, 0) is 136 Å². The number of urea groups is 5. The average molecular weight is 1720 g/mol. The third kappa shape index (κ3) is 26.0. The summed E-state index contributed by atoms with van der Waals surface area (Å²) in [5.41, 5.74) is 4.42. The standard InChI is InChI=1S/3C15H25N2O4P.C15H25N2O3P.C14H22IN2O3P/c1-9-10(8-16-14(19)17-9)13-15(2,20)12(18)11(21-13)6-7-22(3,4)5;2*1-9-10(8-16-15(19)17-9)13-14(20-2)12(18)11(21-13)6-7-22(3,4)5;1-9-13(18)12(6-7-21(3,4)5)20-14(9)11-8-16-15(19)17-10(11)2;1-8-9(7-16-14(19)17-8)13-11(15)12(18)10(20-13)5-6-21(2,3)4/h8,11-13,18,20H,1,3,6-7H2,2,4-5H3,(H2,16,17,19);2*8,11-14,18H,1,3,6-7H2,2,4-5H3,(H2,16,17,19);8-9,12-14,18H,2-3,6-7H2,1,4-5H3,(H2,16,17,19);7,10-13,18H,1-2,5-6H2,3-4H3,(H2,16,17,19)/t11-,12-,13+,15-;2*11-,12-,13+,14-;9?,12-,13+,14-;10-,11?,12-,13+/m11111/s1. The smallest absolute Gasteiger partial charge is 0.323 e. The second-order valence-corrected chi connectivity index (χ2v) is 55.4. The molecule has 34 heteroatoms. The highest BCUT2D eigenvalue weighted by molar-refractivity contribution is 14.1. The maximum atomic E-state index is 11.3. The van der Waals surface area contributed by atoms with E-state index in [4.69, 9.17) is 33.2 Å².